The minimum Gasteiger partial charge on any atom is -0.481 e. The molecule has 362 valence electrons. The van der Waals surface area contributed by atoms with Crippen LogP contribution in [0.1, 0.15) is 80.9 Å². The van der Waals surface area contributed by atoms with Crippen molar-refractivity contribution >= 4 is 53.7 Å². The van der Waals surface area contributed by atoms with Crippen molar-refractivity contribution in [2.45, 2.75) is 108 Å². The molecule has 0 saturated heterocycles. The zero-order chi connectivity index (χ0) is 48.8. The van der Waals surface area contributed by atoms with Crippen LogP contribution in [-0.4, -0.2) is 113 Å². The van der Waals surface area contributed by atoms with Gasteiger partial charge in [-0.3, -0.25) is 24.0 Å². The second kappa shape index (κ2) is 30.6. The van der Waals surface area contributed by atoms with E-state index in [1.165, 1.54) is 0 Å². The molecule has 0 aliphatic heterocycles. The van der Waals surface area contributed by atoms with Gasteiger partial charge in [-0.2, -0.15) is 0 Å². The highest BCUT2D eigenvalue weighted by Gasteiger charge is 2.28. The lowest BCUT2D eigenvalue weighted by Crippen LogP contribution is -2.55. The molecule has 0 spiro atoms. The molecule has 0 radical (unpaired) electrons. The number of rotatable bonds is 31. The third-order valence-electron chi connectivity index (χ3n) is 10.2. The number of hydrogen-bond acceptors (Lipinski definition) is 10. The lowest BCUT2D eigenvalue weighted by atomic mass is 10.0. The van der Waals surface area contributed by atoms with Crippen molar-refractivity contribution in [3.05, 3.63) is 108 Å². The maximum Gasteiger partial charge on any atom is 0.407 e. The fourth-order valence-electron chi connectivity index (χ4n) is 6.58. The number of nitrogens with one attached hydrogen (secondary N) is 7. The number of alkyl carbamates (subject to hydrolysis) is 1. The average Bonchev–Trinajstić information content (AvgIpc) is 3.30. The van der Waals surface area contributed by atoms with Crippen LogP contribution in [0.15, 0.2) is 91.0 Å². The molecule has 3 rings (SSSR count). The summed E-state index contributed by atoms with van der Waals surface area (Å²) >= 11 is 0. The highest BCUT2D eigenvalue weighted by molar-refractivity contribution is 5.92. The summed E-state index contributed by atoms with van der Waals surface area (Å²) in [4.78, 5) is 111. The number of carbonyl (C=O) groups excluding carboxylic acids is 6. The minimum atomic E-state index is -1.55. The highest BCUT2D eigenvalue weighted by atomic mass is 16.5. The van der Waals surface area contributed by atoms with E-state index >= 15 is 0 Å². The molecule has 0 bridgehead atoms. The van der Waals surface area contributed by atoms with E-state index in [2.05, 4.69) is 31.9 Å². The lowest BCUT2D eigenvalue weighted by Gasteiger charge is -2.24. The van der Waals surface area contributed by atoms with Gasteiger partial charge in [0.1, 0.15) is 30.8 Å². The van der Waals surface area contributed by atoms with Crippen LogP contribution in [0.5, 0.6) is 0 Å². The molecule has 4 unspecified atom stereocenters. The van der Waals surface area contributed by atoms with Crippen LogP contribution < -0.4 is 37.2 Å². The van der Waals surface area contributed by atoms with Crippen molar-refractivity contribution in [1.82, 2.24) is 37.2 Å². The van der Waals surface area contributed by atoms with Crippen molar-refractivity contribution < 1.29 is 63.2 Å². The van der Waals surface area contributed by atoms with Gasteiger partial charge in [-0.1, -0.05) is 110 Å². The lowest BCUT2D eigenvalue weighted by molar-refractivity contribution is -0.141. The number of aliphatic carboxylic acids is 3. The number of carboxylic acid groups (broad SMARTS) is 3. The molecule has 0 aliphatic carbocycles. The summed E-state index contributed by atoms with van der Waals surface area (Å²) in [6.45, 7) is 0.537. The van der Waals surface area contributed by atoms with E-state index in [4.69, 9.17) is 9.84 Å². The van der Waals surface area contributed by atoms with Crippen molar-refractivity contribution in [1.29, 1.82) is 0 Å². The molecule has 20 heteroatoms. The predicted molar refractivity (Wildman–Crippen MR) is 243 cm³/mol. The summed E-state index contributed by atoms with van der Waals surface area (Å²) in [6.07, 6.45) is 1.62. The van der Waals surface area contributed by atoms with Crippen molar-refractivity contribution in [2.75, 3.05) is 19.6 Å². The van der Waals surface area contributed by atoms with Gasteiger partial charge >= 0.3 is 30.0 Å². The second-order valence-electron chi connectivity index (χ2n) is 15.6. The Labute approximate surface area is 388 Å². The number of urea groups is 1. The van der Waals surface area contributed by atoms with Crippen molar-refractivity contribution in [3.8, 4) is 0 Å². The topological polar surface area (TPSA) is 308 Å². The molecule has 3 aromatic carbocycles. The average molecular weight is 932 g/mol. The van der Waals surface area contributed by atoms with Crippen LogP contribution in [-0.2, 0) is 57.7 Å². The molecule has 0 heterocycles. The number of ether oxygens (including phenoxy) is 1. The Hall–Kier alpha value is -7.51. The summed E-state index contributed by atoms with van der Waals surface area (Å²) in [5.74, 6) is -6.02. The van der Waals surface area contributed by atoms with Crippen LogP contribution in [0.4, 0.5) is 9.59 Å². The third-order valence-corrected chi connectivity index (χ3v) is 10.2. The minimum absolute atomic E-state index is 0.0659. The first-order valence-electron chi connectivity index (χ1n) is 22.1. The van der Waals surface area contributed by atoms with Crippen LogP contribution in [0.25, 0.3) is 0 Å². The van der Waals surface area contributed by atoms with Gasteiger partial charge in [-0.15, -0.1) is 0 Å². The number of hydrogen-bond donors (Lipinski definition) is 10. The maximum atomic E-state index is 13.9. The fraction of sp³-hybridized carbons (Fsp3) is 0.426. The quantitative estimate of drug-likeness (QED) is 0.0416. The third kappa shape index (κ3) is 23.3. The first-order valence-corrected chi connectivity index (χ1v) is 22.1. The Kier molecular flexibility index (Phi) is 24.6. The molecule has 0 saturated carbocycles. The van der Waals surface area contributed by atoms with Gasteiger partial charge in [0.25, 0.3) is 0 Å². The Bertz CT molecular complexity index is 2060. The van der Waals surface area contributed by atoms with Gasteiger partial charge in [-0.05, 0) is 42.4 Å². The Morgan fingerprint density at radius 2 is 0.940 bits per heavy atom. The fourth-order valence-corrected chi connectivity index (χ4v) is 6.58. The first-order chi connectivity index (χ1) is 32.2. The van der Waals surface area contributed by atoms with Gasteiger partial charge in [-0.25, -0.2) is 19.2 Å². The van der Waals surface area contributed by atoms with E-state index < -0.39 is 84.8 Å². The van der Waals surface area contributed by atoms with Gasteiger partial charge in [0, 0.05) is 51.7 Å². The largest absolute Gasteiger partial charge is 0.481 e. The molecule has 3 aromatic rings. The van der Waals surface area contributed by atoms with Crippen LogP contribution in [0, 0.1) is 0 Å². The molecule has 10 N–H and O–H groups in total. The van der Waals surface area contributed by atoms with Crippen molar-refractivity contribution in [2.24, 2.45) is 0 Å². The number of carboxylic acids is 3. The van der Waals surface area contributed by atoms with Crippen molar-refractivity contribution in [3.63, 3.8) is 0 Å². The van der Waals surface area contributed by atoms with E-state index in [0.29, 0.717) is 32.2 Å². The zero-order valence-corrected chi connectivity index (χ0v) is 37.2. The van der Waals surface area contributed by atoms with Gasteiger partial charge in [0.2, 0.25) is 23.6 Å². The second-order valence-corrected chi connectivity index (χ2v) is 15.6. The summed E-state index contributed by atoms with van der Waals surface area (Å²) in [5.41, 5.74) is 2.42. The van der Waals surface area contributed by atoms with E-state index in [0.717, 1.165) is 23.1 Å². The molecule has 0 fully saturated rings. The summed E-state index contributed by atoms with van der Waals surface area (Å²) < 4.78 is 5.21. The Balaban J connectivity index is 1.42. The van der Waals surface area contributed by atoms with Crippen LogP contribution >= 0.6 is 0 Å². The van der Waals surface area contributed by atoms with Gasteiger partial charge in [0.05, 0.1) is 0 Å². The smallest absolute Gasteiger partial charge is 0.407 e. The van der Waals surface area contributed by atoms with E-state index in [9.17, 15) is 53.4 Å². The van der Waals surface area contributed by atoms with E-state index in [1.807, 2.05) is 96.3 Å². The molecule has 4 atom stereocenters. The molecule has 20 nitrogen and oxygen atoms in total. The Morgan fingerprint density at radius 3 is 1.49 bits per heavy atom. The maximum absolute atomic E-state index is 13.9. The molecular weight excluding hydrogens is 871 g/mol. The number of amides is 7. The van der Waals surface area contributed by atoms with Gasteiger partial charge in [0.15, 0.2) is 0 Å². The summed E-state index contributed by atoms with van der Waals surface area (Å²) in [5, 5.41) is 45.3. The molecule has 0 aromatic heterocycles. The molecule has 0 aliphatic rings. The van der Waals surface area contributed by atoms with Gasteiger partial charge < -0.3 is 57.3 Å². The SMILES string of the molecule is O=C(O)CCC(NC(=O)NC(CCC(=O)NCCCCCCCC(=O)NC(Cc1ccccc1)C(=O)NC(Cc1ccccc1)C(=O)NCCNC(=O)OCc1ccccc1)C(=O)O)C(=O)O. The summed E-state index contributed by atoms with van der Waals surface area (Å²) in [6, 6.07) is 21.3. The van der Waals surface area contributed by atoms with E-state index in [1.54, 1.807) is 0 Å². The zero-order valence-electron chi connectivity index (χ0n) is 37.2. The van der Waals surface area contributed by atoms with E-state index in [-0.39, 0.29) is 57.7 Å². The number of benzene rings is 3. The monoisotopic (exact) mass is 931 g/mol. The molecular formula is C47H61N7O13. The number of unbranched alkanes of at least 4 members (excludes halogenated alkanes) is 4. The summed E-state index contributed by atoms with van der Waals surface area (Å²) in [7, 11) is 0. The van der Waals surface area contributed by atoms with Crippen LogP contribution in [0.3, 0.4) is 0 Å². The highest BCUT2D eigenvalue weighted by Crippen LogP contribution is 2.10. The predicted octanol–water partition coefficient (Wildman–Crippen LogP) is 2.79. The Morgan fingerprint density at radius 1 is 0.448 bits per heavy atom. The first kappa shape index (κ1) is 53.8. The number of carbonyl (C=O) groups is 9. The molecule has 67 heavy (non-hydrogen) atoms. The molecule has 7 amide bonds. The normalized spacial score (nSPS) is 12.4. The van der Waals surface area contributed by atoms with Crippen LogP contribution in [0.2, 0.25) is 0 Å². The standard InChI is InChI=1S/C47H61N7O13/c55-39(24-22-35(44(61)62)53-46(65)54-36(45(63)64)23-25-41(57)58)48-26-14-3-1-2-13-21-40(56)51-38(30-33-17-9-5-10-18-33)43(60)52-37(29-32-15-7-4-8-16-32)42(59)49-27-28-50-47(66)67-31-34-19-11-6-12-20-34/h4-12,15-20,35-38H,1-3,13-14,21-31H2,(H,48,55)(H,49,59)(H,50,66)(H,51,56)(H,52,60)(H,57,58)(H,61,62)(H,63,64)(H2,53,54,65).